The maximum absolute atomic E-state index is 13.8. The zero-order valence-corrected chi connectivity index (χ0v) is 23.7. The SMILES string of the molecule is C=CC(=O)N1CCc2nn(-c3ccc(C4CCC4)cc3O)c3c2C(C1)N(C(=O)c1cnc(Br)c(OC(F)F)c1)CC3. The van der Waals surface area contributed by atoms with Crippen LogP contribution in [-0.2, 0) is 17.6 Å². The van der Waals surface area contributed by atoms with Gasteiger partial charge >= 0.3 is 6.61 Å². The second-order valence-electron chi connectivity index (χ2n) is 10.5. The number of ether oxygens (including phenoxy) is 1. The first-order valence-electron chi connectivity index (χ1n) is 13.5. The number of hydrogen-bond donors (Lipinski definition) is 1. The topological polar surface area (TPSA) is 101 Å². The molecule has 1 N–H and O–H groups in total. The summed E-state index contributed by atoms with van der Waals surface area (Å²) in [5.74, 6) is -0.319. The summed E-state index contributed by atoms with van der Waals surface area (Å²) in [6.07, 6.45) is 6.88. The molecule has 6 rings (SSSR count). The molecule has 12 heteroatoms. The molecule has 9 nitrogen and oxygen atoms in total. The number of alkyl halides is 2. The lowest BCUT2D eigenvalue weighted by molar-refractivity contribution is -0.126. The summed E-state index contributed by atoms with van der Waals surface area (Å²) in [4.78, 5) is 33.8. The summed E-state index contributed by atoms with van der Waals surface area (Å²) in [7, 11) is 0. The molecule has 1 saturated carbocycles. The molecule has 3 aromatic rings. The van der Waals surface area contributed by atoms with Crippen LogP contribution in [0, 0.1) is 0 Å². The van der Waals surface area contributed by atoms with Crippen molar-refractivity contribution < 1.29 is 28.2 Å². The van der Waals surface area contributed by atoms with E-state index in [-0.39, 0.29) is 40.7 Å². The van der Waals surface area contributed by atoms with Crippen molar-refractivity contribution in [2.45, 2.75) is 50.7 Å². The molecule has 41 heavy (non-hydrogen) atoms. The second-order valence-corrected chi connectivity index (χ2v) is 11.2. The van der Waals surface area contributed by atoms with Gasteiger partial charge in [-0.3, -0.25) is 9.59 Å². The van der Waals surface area contributed by atoms with Gasteiger partial charge in [-0.2, -0.15) is 13.9 Å². The predicted octanol–water partition coefficient (Wildman–Crippen LogP) is 4.91. The van der Waals surface area contributed by atoms with Gasteiger partial charge in [0.15, 0.2) is 5.75 Å². The van der Waals surface area contributed by atoms with Crippen molar-refractivity contribution in [3.63, 3.8) is 0 Å². The minimum absolute atomic E-state index is 0.0548. The first-order chi connectivity index (χ1) is 19.7. The summed E-state index contributed by atoms with van der Waals surface area (Å²) >= 11 is 3.08. The van der Waals surface area contributed by atoms with E-state index in [9.17, 15) is 23.5 Å². The lowest BCUT2D eigenvalue weighted by atomic mass is 9.80. The Bertz CT molecular complexity index is 1540. The highest BCUT2D eigenvalue weighted by atomic mass is 79.9. The van der Waals surface area contributed by atoms with E-state index < -0.39 is 18.6 Å². The van der Waals surface area contributed by atoms with E-state index in [1.165, 1.54) is 24.8 Å². The zero-order chi connectivity index (χ0) is 28.8. The molecule has 0 radical (unpaired) electrons. The van der Waals surface area contributed by atoms with Crippen LogP contribution >= 0.6 is 15.9 Å². The van der Waals surface area contributed by atoms with Crippen LogP contribution in [0.5, 0.6) is 11.5 Å². The summed E-state index contributed by atoms with van der Waals surface area (Å²) in [6, 6.07) is 6.43. The molecule has 0 bridgehead atoms. The number of halogens is 3. The van der Waals surface area contributed by atoms with Gasteiger partial charge in [-0.1, -0.05) is 19.1 Å². The normalized spacial score (nSPS) is 18.5. The Kier molecular flexibility index (Phi) is 7.27. The van der Waals surface area contributed by atoms with Crippen molar-refractivity contribution in [3.8, 4) is 17.2 Å². The van der Waals surface area contributed by atoms with Gasteiger partial charge in [0.1, 0.15) is 16.0 Å². The Hall–Kier alpha value is -3.80. The van der Waals surface area contributed by atoms with Gasteiger partial charge in [0.25, 0.3) is 5.91 Å². The molecule has 0 spiro atoms. The number of phenols is 1. The van der Waals surface area contributed by atoms with Crippen molar-refractivity contribution in [3.05, 3.63) is 75.8 Å². The van der Waals surface area contributed by atoms with Crippen LogP contribution in [-0.4, -0.2) is 67.7 Å². The lowest BCUT2D eigenvalue weighted by Crippen LogP contribution is -2.45. The number of amides is 2. The first-order valence-corrected chi connectivity index (χ1v) is 14.3. The lowest BCUT2D eigenvalue weighted by Gasteiger charge is -2.38. The summed E-state index contributed by atoms with van der Waals surface area (Å²) in [6.45, 7) is 1.40. The highest BCUT2D eigenvalue weighted by molar-refractivity contribution is 9.10. The molecule has 0 saturated heterocycles. The highest BCUT2D eigenvalue weighted by Gasteiger charge is 2.40. The van der Waals surface area contributed by atoms with Gasteiger partial charge in [-0.15, -0.1) is 0 Å². The number of carbonyl (C=O) groups is 2. The average Bonchev–Trinajstić information content (AvgIpc) is 3.17. The number of hydrogen-bond acceptors (Lipinski definition) is 6. The fourth-order valence-electron chi connectivity index (χ4n) is 5.97. The van der Waals surface area contributed by atoms with E-state index in [1.54, 1.807) is 14.5 Å². The van der Waals surface area contributed by atoms with Gasteiger partial charge in [-0.05, 0) is 64.5 Å². The average molecular weight is 628 g/mol. The quantitative estimate of drug-likeness (QED) is 0.308. The van der Waals surface area contributed by atoms with E-state index in [4.69, 9.17) is 5.10 Å². The van der Waals surface area contributed by atoms with E-state index in [1.807, 2.05) is 18.2 Å². The molecule has 1 atom stereocenters. The van der Waals surface area contributed by atoms with Crippen molar-refractivity contribution >= 4 is 27.7 Å². The van der Waals surface area contributed by atoms with E-state index in [2.05, 4.69) is 32.2 Å². The fourth-order valence-corrected chi connectivity index (χ4v) is 6.28. The van der Waals surface area contributed by atoms with Crippen LogP contribution in [0.3, 0.4) is 0 Å². The molecule has 1 unspecified atom stereocenters. The molecule has 1 aromatic carbocycles. The van der Waals surface area contributed by atoms with Crippen LogP contribution < -0.4 is 4.74 Å². The molecule has 3 aliphatic rings. The number of pyridine rings is 1. The maximum Gasteiger partial charge on any atom is 0.387 e. The number of carbonyl (C=O) groups excluding carboxylic acids is 2. The molecule has 1 fully saturated rings. The predicted molar refractivity (Wildman–Crippen MR) is 148 cm³/mol. The highest BCUT2D eigenvalue weighted by Crippen LogP contribution is 2.41. The monoisotopic (exact) mass is 627 g/mol. The third-order valence-corrected chi connectivity index (χ3v) is 8.83. The largest absolute Gasteiger partial charge is 0.506 e. The standard InChI is InChI=1S/C29H28BrF2N5O4/c1-2-25(39)35-10-8-19-26-21(37(34-19)20-7-6-17(12-23(20)38)16-4-3-5-16)9-11-36(22(26)15-35)28(40)18-13-24(41-29(31)32)27(30)33-14-18/h2,6-7,12-14,16,22,29,38H,1,3-5,8-11,15H2. The van der Waals surface area contributed by atoms with E-state index >= 15 is 0 Å². The Morgan fingerprint density at radius 1 is 1.20 bits per heavy atom. The molecule has 4 heterocycles. The Balaban J connectivity index is 1.39. The van der Waals surface area contributed by atoms with Crippen LogP contribution in [0.2, 0.25) is 0 Å². The van der Waals surface area contributed by atoms with Crippen molar-refractivity contribution in [1.29, 1.82) is 0 Å². The van der Waals surface area contributed by atoms with Gasteiger partial charge in [0.2, 0.25) is 5.91 Å². The number of benzene rings is 1. The number of aromatic nitrogens is 3. The minimum atomic E-state index is -3.08. The summed E-state index contributed by atoms with van der Waals surface area (Å²) < 4.78 is 32.2. The van der Waals surface area contributed by atoms with Crippen LogP contribution in [0.25, 0.3) is 5.69 Å². The smallest absolute Gasteiger partial charge is 0.387 e. The number of rotatable bonds is 6. The zero-order valence-electron chi connectivity index (χ0n) is 22.1. The van der Waals surface area contributed by atoms with Crippen molar-refractivity contribution in [1.82, 2.24) is 24.6 Å². The van der Waals surface area contributed by atoms with Crippen molar-refractivity contribution in [2.75, 3.05) is 19.6 Å². The Labute approximate surface area is 243 Å². The molecular weight excluding hydrogens is 600 g/mol. The molecule has 2 aliphatic heterocycles. The molecule has 2 amide bonds. The Morgan fingerprint density at radius 2 is 2.00 bits per heavy atom. The maximum atomic E-state index is 13.8. The van der Waals surface area contributed by atoms with Gasteiger partial charge in [-0.25, -0.2) is 9.67 Å². The third kappa shape index (κ3) is 4.98. The summed E-state index contributed by atoms with van der Waals surface area (Å²) in [5, 5.41) is 15.9. The number of nitrogens with zero attached hydrogens (tertiary/aromatic N) is 5. The van der Waals surface area contributed by atoms with Crippen LogP contribution in [0.1, 0.15) is 64.1 Å². The van der Waals surface area contributed by atoms with Gasteiger partial charge in [0.05, 0.1) is 23.0 Å². The van der Waals surface area contributed by atoms with Gasteiger partial charge < -0.3 is 19.6 Å². The fraction of sp³-hybridized carbons (Fsp3) is 0.379. The molecule has 214 valence electrons. The Morgan fingerprint density at radius 3 is 2.68 bits per heavy atom. The van der Waals surface area contributed by atoms with Crippen molar-refractivity contribution in [2.24, 2.45) is 0 Å². The van der Waals surface area contributed by atoms with Gasteiger partial charge in [0, 0.05) is 44.2 Å². The molecular formula is C29H28BrF2N5O4. The van der Waals surface area contributed by atoms with Crippen LogP contribution in [0.15, 0.2) is 47.7 Å². The summed E-state index contributed by atoms with van der Waals surface area (Å²) in [5.41, 5.74) is 4.20. The van der Waals surface area contributed by atoms with E-state index in [0.717, 1.165) is 35.4 Å². The number of aromatic hydroxyl groups is 1. The third-order valence-electron chi connectivity index (χ3n) is 8.23. The van der Waals surface area contributed by atoms with E-state index in [0.29, 0.717) is 31.0 Å². The minimum Gasteiger partial charge on any atom is -0.506 e. The number of phenolic OH excluding ortho intramolecular Hbond substituents is 1. The molecule has 1 aliphatic carbocycles. The second kappa shape index (κ2) is 10.9. The first kappa shape index (κ1) is 27.4. The van der Waals surface area contributed by atoms with Crippen LogP contribution in [0.4, 0.5) is 8.78 Å². The molecule has 2 aromatic heterocycles.